The number of rotatable bonds is 29. The number of nitrogens with zero attached hydrogens (tertiary/aromatic N) is 10. The van der Waals surface area contributed by atoms with Crippen LogP contribution in [0.4, 0.5) is 17.8 Å². The number of H-pyrrole nitrogens is 3. The van der Waals surface area contributed by atoms with Crippen molar-refractivity contribution in [2.24, 2.45) is 0 Å². The third-order valence-electron chi connectivity index (χ3n) is 17.6. The van der Waals surface area contributed by atoms with E-state index in [4.69, 9.17) is 57.2 Å². The lowest BCUT2D eigenvalue weighted by Gasteiger charge is -2.23. The second kappa shape index (κ2) is 39.1. The number of methoxy groups -OCH3 is 4. The predicted molar refractivity (Wildman–Crippen MR) is 389 cm³/mol. The molecule has 8 N–H and O–H groups in total. The molecule has 108 heavy (non-hydrogen) atoms. The number of amides is 3. The third-order valence-corrected chi connectivity index (χ3v) is 17.6. The van der Waals surface area contributed by atoms with Gasteiger partial charge < -0.3 is 67.2 Å². The molecule has 9 aromatic rings. The molecule has 12 atom stereocenters. The van der Waals surface area contributed by atoms with Gasteiger partial charge in [-0.05, 0) is 75.3 Å². The number of hydrogen-bond donors (Lipinski definition) is 8. The maximum atomic E-state index is 12.7. The predicted octanol–water partition coefficient (Wildman–Crippen LogP) is 4.99. The summed E-state index contributed by atoms with van der Waals surface area (Å²) in [6, 6.07) is 26.6. The van der Waals surface area contributed by atoms with Crippen molar-refractivity contribution < 1.29 is 87.7 Å². The molecule has 0 aliphatic carbocycles. The van der Waals surface area contributed by atoms with Gasteiger partial charge in [-0.2, -0.15) is 15.0 Å². The molecule has 6 aromatic heterocycles. The van der Waals surface area contributed by atoms with Crippen LogP contribution in [0.1, 0.15) is 93.8 Å². The molecule has 12 rings (SSSR count). The molecule has 0 radical (unpaired) electrons. The van der Waals surface area contributed by atoms with Gasteiger partial charge in [0.1, 0.15) is 47.8 Å². The van der Waals surface area contributed by atoms with Gasteiger partial charge in [-0.25, -0.2) is 15.0 Å². The van der Waals surface area contributed by atoms with E-state index in [1.54, 1.807) is 91.6 Å². The first-order valence-corrected chi connectivity index (χ1v) is 34.9. The Bertz CT molecular complexity index is 4610. The average molecular weight is 1500 g/mol. The number of aromatic nitrogens is 12. The SMILES string of the molecule is CCN(CC)CC.CC[C@H]1O[C@@H](n2cnc3c(=O)[nH]c(NC(=O)COc4ccccc4)nc32)[C@@H](OC)C1O.CC[C@H]1O[C@@H](n2cnc3c(=O)[nH]c(NC(=O)COc4ccccc4)nc32)[C@@H](OC)C1OC.CC[C@H]1O[C@@H](n2cnc3c(=O)[nH]c(NC(=O)COc4ccccc4)nc32)[C@@H](OC)C1OC(=O)CCC(=O)O.[H+]. The Morgan fingerprint density at radius 3 is 1.11 bits per heavy atom. The third kappa shape index (κ3) is 20.2. The number of carboxylic acid groups (broad SMARTS) is 1. The number of aliphatic carboxylic acids is 1. The molecule has 0 saturated carbocycles. The van der Waals surface area contributed by atoms with E-state index in [-0.39, 0.29) is 97.6 Å². The minimum absolute atomic E-state index is 0. The number of carbonyl (C=O) groups excluding carboxylic acids is 4. The van der Waals surface area contributed by atoms with Gasteiger partial charge in [0, 0.05) is 28.4 Å². The second-order valence-electron chi connectivity index (χ2n) is 24.3. The molecule has 0 spiro atoms. The zero-order chi connectivity index (χ0) is 77.6. The van der Waals surface area contributed by atoms with Crippen molar-refractivity contribution in [1.82, 2.24) is 63.5 Å². The highest BCUT2D eigenvalue weighted by molar-refractivity contribution is 5.92. The minimum Gasteiger partial charge on any atom is -0.484 e. The fourth-order valence-corrected chi connectivity index (χ4v) is 12.1. The normalized spacial score (nSPS) is 21.4. The highest BCUT2D eigenvalue weighted by atomic mass is 16.6. The van der Waals surface area contributed by atoms with Gasteiger partial charge >= 0.3 is 13.4 Å². The van der Waals surface area contributed by atoms with Crippen LogP contribution in [0.2, 0.25) is 0 Å². The molecule has 3 amide bonds. The number of aliphatic hydroxyl groups excluding tert-OH is 1. The van der Waals surface area contributed by atoms with E-state index >= 15 is 0 Å². The summed E-state index contributed by atoms with van der Waals surface area (Å²) in [5.74, 6) is -1.93. The zero-order valence-electron chi connectivity index (χ0n) is 62.2. The molecule has 580 valence electrons. The Morgan fingerprint density at radius 1 is 0.472 bits per heavy atom. The van der Waals surface area contributed by atoms with Crippen LogP contribution < -0.4 is 46.8 Å². The number of para-hydroxylation sites is 3. The topological polar surface area (TPSA) is 457 Å². The molecule has 37 heteroatoms. The number of esters is 1. The first-order chi connectivity index (χ1) is 52.2. The van der Waals surface area contributed by atoms with Crippen molar-refractivity contribution in [2.45, 2.75) is 147 Å². The standard InChI is InChI=1S/C24H27N5O9.C21H25N5O6.C20H23N5O6.C6H15N/c1-3-14-19(38-17(33)10-9-16(31)32)20(35-2)23(37-14)29-12-25-18-21(29)27-24(28-22(18)34)26-15(30)11-36-13-7-5-4-6-8-13;1-4-13-16(29-2)17(30-3)20(32-13)26-11-22-15-18(26)24-21(25-19(15)28)23-14(27)10-31-12-8-6-5-7-9-12;1-3-12-15(27)16(29-2)19(31-12)25-10-21-14-17(25)23-20(24-18(14)28)22-13(26)9-30-11-7-5-4-6-8-11;1-4-7(5-2)6-3/h4-8,12,14,19-20,23H,3,9-11H2,1-2H3,(H,31,32)(H2,26,27,28,30,34);5-9,11,13,16-17,20H,4,10H2,1-3H3,(H2,23,24,25,27,28);4-8,10,12,15-16,19,27H,3,9H2,1-2H3,(H2,22,23,24,26,28);4-6H2,1-3H3/p+1/t14-,19?,20+,23-;13-,16?,17+,20-;12-,15?,16+,19-;/m111./s1. The van der Waals surface area contributed by atoms with Gasteiger partial charge in [0.25, 0.3) is 34.4 Å². The van der Waals surface area contributed by atoms with Crippen LogP contribution in [0, 0.1) is 0 Å². The fourth-order valence-electron chi connectivity index (χ4n) is 12.1. The Kier molecular flexibility index (Phi) is 29.4. The highest BCUT2D eigenvalue weighted by Gasteiger charge is 2.49. The highest BCUT2D eigenvalue weighted by Crippen LogP contribution is 2.39. The Balaban J connectivity index is 0.000000197. The molecule has 0 bridgehead atoms. The van der Waals surface area contributed by atoms with Crippen molar-refractivity contribution in [3.63, 3.8) is 0 Å². The molecule has 3 aromatic carbocycles. The van der Waals surface area contributed by atoms with Gasteiger partial charge in [-0.1, -0.05) is 96.1 Å². The second-order valence-corrected chi connectivity index (χ2v) is 24.3. The number of fused-ring (bicyclic) bond motifs is 3. The van der Waals surface area contributed by atoms with Crippen LogP contribution in [0.15, 0.2) is 124 Å². The molecule has 3 unspecified atom stereocenters. The van der Waals surface area contributed by atoms with Gasteiger partial charge in [0.05, 0.1) is 50.1 Å². The average Bonchev–Trinajstić information content (AvgIpc) is 1.63. The number of carbonyl (C=O) groups is 5. The van der Waals surface area contributed by atoms with E-state index < -0.39 is 108 Å². The molecular formula is C71H91N16O21+. The number of hydrogen-bond acceptors (Lipinski definition) is 27. The number of nitrogens with one attached hydrogen (secondary N) is 6. The van der Waals surface area contributed by atoms with E-state index in [1.807, 2.05) is 39.0 Å². The number of carboxylic acids is 1. The van der Waals surface area contributed by atoms with E-state index in [1.165, 1.54) is 62.0 Å². The molecule has 3 aliphatic rings. The van der Waals surface area contributed by atoms with Crippen molar-refractivity contribution in [3.8, 4) is 17.2 Å². The molecular weight excluding hydrogens is 1410 g/mol. The van der Waals surface area contributed by atoms with Crippen molar-refractivity contribution in [2.75, 3.05) is 83.8 Å². The summed E-state index contributed by atoms with van der Waals surface area (Å²) >= 11 is 0. The summed E-state index contributed by atoms with van der Waals surface area (Å²) in [7, 11) is 6.06. The maximum absolute atomic E-state index is 12.7. The Hall–Kier alpha value is -10.9. The fraction of sp³-hybridized carbons (Fsp3) is 0.465. The van der Waals surface area contributed by atoms with Crippen molar-refractivity contribution in [3.05, 3.63) is 141 Å². The van der Waals surface area contributed by atoms with Crippen LogP contribution >= 0.6 is 0 Å². The summed E-state index contributed by atoms with van der Waals surface area (Å²) in [4.78, 5) is 133. The zero-order valence-corrected chi connectivity index (χ0v) is 61.2. The van der Waals surface area contributed by atoms with E-state index in [9.17, 15) is 43.5 Å². The van der Waals surface area contributed by atoms with Gasteiger partial charge in [-0.15, -0.1) is 0 Å². The molecule has 3 fully saturated rings. The summed E-state index contributed by atoms with van der Waals surface area (Å²) in [5, 5.41) is 26.8. The Labute approximate surface area is 619 Å². The molecule has 9 heterocycles. The first kappa shape index (κ1) is 81.2. The quantitative estimate of drug-likeness (QED) is 0.0286. The van der Waals surface area contributed by atoms with Gasteiger partial charge in [0.15, 0.2) is 78.1 Å². The number of aliphatic hydroxyl groups is 1. The summed E-state index contributed by atoms with van der Waals surface area (Å²) in [6.07, 6.45) is -1.98. The summed E-state index contributed by atoms with van der Waals surface area (Å²) < 4.78 is 66.7. The van der Waals surface area contributed by atoms with E-state index in [0.717, 1.165) is 6.42 Å². The van der Waals surface area contributed by atoms with Crippen LogP contribution in [-0.2, 0) is 61.9 Å². The molecule has 37 nitrogen and oxygen atoms in total. The van der Waals surface area contributed by atoms with Crippen LogP contribution in [0.5, 0.6) is 17.2 Å². The molecule has 3 aliphatic heterocycles. The maximum Gasteiger partial charge on any atom is 1.00 e. The van der Waals surface area contributed by atoms with Gasteiger partial charge in [0.2, 0.25) is 17.8 Å². The van der Waals surface area contributed by atoms with Crippen molar-refractivity contribution in [1.29, 1.82) is 0 Å². The van der Waals surface area contributed by atoms with E-state index in [0.29, 0.717) is 30.1 Å². The number of benzene rings is 3. The van der Waals surface area contributed by atoms with Crippen LogP contribution in [0.3, 0.4) is 0 Å². The first-order valence-electron chi connectivity index (χ1n) is 34.9. The molecule has 3 saturated heterocycles. The van der Waals surface area contributed by atoms with Crippen LogP contribution in [-0.4, -0.2) is 226 Å². The lowest BCUT2D eigenvalue weighted by atomic mass is 10.1. The monoisotopic (exact) mass is 1500 g/mol. The number of imidazole rings is 3. The number of aromatic amines is 3. The van der Waals surface area contributed by atoms with E-state index in [2.05, 4.69) is 86.5 Å². The Morgan fingerprint density at radius 2 is 0.796 bits per heavy atom. The lowest BCUT2D eigenvalue weighted by Crippen LogP contribution is -2.37. The lowest BCUT2D eigenvalue weighted by molar-refractivity contribution is -0.158. The summed E-state index contributed by atoms with van der Waals surface area (Å²) in [6.45, 7) is 15.0. The largest absolute Gasteiger partial charge is 1.00 e. The van der Waals surface area contributed by atoms with Crippen molar-refractivity contribution >= 4 is 81.0 Å². The van der Waals surface area contributed by atoms with Crippen LogP contribution in [0.25, 0.3) is 33.5 Å². The van der Waals surface area contributed by atoms with Gasteiger partial charge in [-0.3, -0.25) is 83.0 Å². The number of ether oxygens (including phenoxy) is 11. The summed E-state index contributed by atoms with van der Waals surface area (Å²) in [5.41, 5.74) is -0.862. The number of anilines is 3. The minimum atomic E-state index is -1.12. The smallest absolute Gasteiger partial charge is 0.484 e.